The minimum Gasteiger partial charge on any atom is -0.493 e. The molecule has 1 atom stereocenters. The standard InChI is InChI=1S/C15H21NO5S/c1-15(6-7-22(18,19)10-15)16-14(17)9-11-4-5-12(20-2)13(8-11)21-3/h4-5,8H,6-7,9-10H2,1-3H3,(H,16,17)/t15-/m1/s1. The number of benzene rings is 1. The number of carbonyl (C=O) groups is 1. The van der Waals surface area contributed by atoms with Crippen molar-refractivity contribution in [1.29, 1.82) is 0 Å². The normalized spacial score (nSPS) is 23.0. The molecule has 1 amide bonds. The molecule has 1 aromatic rings. The molecule has 1 aliphatic heterocycles. The summed E-state index contributed by atoms with van der Waals surface area (Å²) in [7, 11) is 0.0378. The van der Waals surface area contributed by atoms with E-state index in [-0.39, 0.29) is 23.8 Å². The van der Waals surface area contributed by atoms with Gasteiger partial charge in [-0.25, -0.2) is 8.42 Å². The molecule has 1 saturated heterocycles. The lowest BCUT2D eigenvalue weighted by molar-refractivity contribution is -0.121. The number of ether oxygens (including phenoxy) is 2. The smallest absolute Gasteiger partial charge is 0.224 e. The van der Waals surface area contributed by atoms with Gasteiger partial charge in [0.05, 0.1) is 37.7 Å². The van der Waals surface area contributed by atoms with E-state index in [1.807, 2.05) is 0 Å². The van der Waals surface area contributed by atoms with Gasteiger partial charge < -0.3 is 14.8 Å². The number of rotatable bonds is 5. The SMILES string of the molecule is COc1ccc(CC(=O)N[C@]2(C)CCS(=O)(=O)C2)cc1OC. The van der Waals surface area contributed by atoms with Crippen molar-refractivity contribution in [3.05, 3.63) is 23.8 Å². The van der Waals surface area contributed by atoms with Gasteiger partial charge in [-0.2, -0.15) is 0 Å². The summed E-state index contributed by atoms with van der Waals surface area (Å²) in [5.74, 6) is 1.08. The average molecular weight is 327 g/mol. The molecule has 1 aliphatic rings. The lowest BCUT2D eigenvalue weighted by atomic mass is 10.0. The van der Waals surface area contributed by atoms with Crippen LogP contribution in [0.2, 0.25) is 0 Å². The molecule has 1 fully saturated rings. The third-order valence-corrected chi connectivity index (χ3v) is 5.66. The van der Waals surface area contributed by atoms with Gasteiger partial charge in [0.2, 0.25) is 5.91 Å². The highest BCUT2D eigenvalue weighted by Crippen LogP contribution is 2.28. The molecule has 0 aliphatic carbocycles. The Kier molecular flexibility index (Phi) is 4.65. The maximum absolute atomic E-state index is 12.2. The fourth-order valence-electron chi connectivity index (χ4n) is 2.67. The summed E-state index contributed by atoms with van der Waals surface area (Å²) in [5.41, 5.74) is 0.103. The average Bonchev–Trinajstić information content (AvgIpc) is 2.71. The summed E-state index contributed by atoms with van der Waals surface area (Å²) in [6.45, 7) is 1.77. The van der Waals surface area contributed by atoms with E-state index >= 15 is 0 Å². The van der Waals surface area contributed by atoms with Gasteiger partial charge in [-0.3, -0.25) is 4.79 Å². The summed E-state index contributed by atoms with van der Waals surface area (Å²) in [5, 5.41) is 2.84. The third kappa shape index (κ3) is 3.91. The Labute approximate surface area is 130 Å². The van der Waals surface area contributed by atoms with Crippen molar-refractivity contribution in [2.75, 3.05) is 25.7 Å². The summed E-state index contributed by atoms with van der Waals surface area (Å²) < 4.78 is 33.5. The van der Waals surface area contributed by atoms with E-state index in [4.69, 9.17) is 9.47 Å². The molecule has 0 unspecified atom stereocenters. The van der Waals surface area contributed by atoms with Crippen LogP contribution in [0.5, 0.6) is 11.5 Å². The predicted molar refractivity (Wildman–Crippen MR) is 83.1 cm³/mol. The van der Waals surface area contributed by atoms with E-state index in [1.54, 1.807) is 32.2 Å². The highest BCUT2D eigenvalue weighted by Gasteiger charge is 2.39. The van der Waals surface area contributed by atoms with E-state index in [2.05, 4.69) is 5.32 Å². The highest BCUT2D eigenvalue weighted by atomic mass is 32.2. The molecule has 22 heavy (non-hydrogen) atoms. The van der Waals surface area contributed by atoms with Crippen LogP contribution < -0.4 is 14.8 Å². The maximum atomic E-state index is 12.2. The Hall–Kier alpha value is -1.76. The Balaban J connectivity index is 2.04. The molecule has 0 radical (unpaired) electrons. The second kappa shape index (κ2) is 6.16. The van der Waals surface area contributed by atoms with Gasteiger partial charge in [-0.15, -0.1) is 0 Å². The minimum absolute atomic E-state index is 0.00231. The molecule has 0 saturated carbocycles. The van der Waals surface area contributed by atoms with Gasteiger partial charge in [0.15, 0.2) is 21.3 Å². The zero-order valence-electron chi connectivity index (χ0n) is 13.0. The zero-order valence-corrected chi connectivity index (χ0v) is 13.8. The van der Waals surface area contributed by atoms with Crippen molar-refractivity contribution >= 4 is 15.7 Å². The predicted octanol–water partition coefficient (Wildman–Crippen LogP) is 0.940. The lowest BCUT2D eigenvalue weighted by Gasteiger charge is -2.24. The van der Waals surface area contributed by atoms with Crippen molar-refractivity contribution in [1.82, 2.24) is 5.32 Å². The van der Waals surface area contributed by atoms with Crippen molar-refractivity contribution in [3.8, 4) is 11.5 Å². The van der Waals surface area contributed by atoms with Crippen LogP contribution in [0.4, 0.5) is 0 Å². The number of carbonyl (C=O) groups excluding carboxylic acids is 1. The van der Waals surface area contributed by atoms with Crippen molar-refractivity contribution in [2.24, 2.45) is 0 Å². The number of amides is 1. The van der Waals surface area contributed by atoms with E-state index in [9.17, 15) is 13.2 Å². The van der Waals surface area contributed by atoms with E-state index in [0.717, 1.165) is 5.56 Å². The van der Waals surface area contributed by atoms with E-state index in [1.165, 1.54) is 7.11 Å². The quantitative estimate of drug-likeness (QED) is 0.870. The molecule has 0 spiro atoms. The number of nitrogens with one attached hydrogen (secondary N) is 1. The van der Waals surface area contributed by atoms with Gasteiger partial charge in [0.1, 0.15) is 0 Å². The van der Waals surface area contributed by atoms with Crippen molar-refractivity contribution in [2.45, 2.75) is 25.3 Å². The summed E-state index contributed by atoms with van der Waals surface area (Å²) >= 11 is 0. The molecule has 1 N–H and O–H groups in total. The molecule has 1 aromatic carbocycles. The Morgan fingerprint density at radius 2 is 1.95 bits per heavy atom. The minimum atomic E-state index is -3.04. The number of sulfone groups is 1. The topological polar surface area (TPSA) is 81.7 Å². The van der Waals surface area contributed by atoms with Crippen LogP contribution in [-0.2, 0) is 21.1 Å². The lowest BCUT2D eigenvalue weighted by Crippen LogP contribution is -2.47. The molecule has 7 heteroatoms. The van der Waals surface area contributed by atoms with Gasteiger partial charge in [0, 0.05) is 0 Å². The van der Waals surface area contributed by atoms with Crippen LogP contribution >= 0.6 is 0 Å². The van der Waals surface area contributed by atoms with Crippen LogP contribution in [0, 0.1) is 0 Å². The Morgan fingerprint density at radius 1 is 1.27 bits per heavy atom. The van der Waals surface area contributed by atoms with Crippen LogP contribution in [0.3, 0.4) is 0 Å². The molecular formula is C15H21NO5S. The molecule has 0 aromatic heterocycles. The maximum Gasteiger partial charge on any atom is 0.224 e. The van der Waals surface area contributed by atoms with E-state index < -0.39 is 15.4 Å². The van der Waals surface area contributed by atoms with Gasteiger partial charge in [-0.05, 0) is 31.0 Å². The van der Waals surface area contributed by atoms with Crippen LogP contribution in [-0.4, -0.2) is 45.6 Å². The zero-order chi connectivity index (χ0) is 16.4. The second-order valence-corrected chi connectivity index (χ2v) is 8.00. The molecule has 6 nitrogen and oxygen atoms in total. The van der Waals surface area contributed by atoms with Crippen molar-refractivity contribution < 1.29 is 22.7 Å². The Bertz CT molecular complexity index is 671. The molecule has 1 heterocycles. The van der Waals surface area contributed by atoms with Gasteiger partial charge >= 0.3 is 0 Å². The van der Waals surface area contributed by atoms with Crippen molar-refractivity contribution in [3.63, 3.8) is 0 Å². The highest BCUT2D eigenvalue weighted by molar-refractivity contribution is 7.91. The first-order valence-electron chi connectivity index (χ1n) is 6.99. The van der Waals surface area contributed by atoms with Crippen LogP contribution in [0.15, 0.2) is 18.2 Å². The second-order valence-electron chi connectivity index (χ2n) is 5.82. The molecule has 2 rings (SSSR count). The third-order valence-electron chi connectivity index (χ3n) is 3.76. The largest absolute Gasteiger partial charge is 0.493 e. The van der Waals surface area contributed by atoms with Gasteiger partial charge in [-0.1, -0.05) is 6.07 Å². The summed E-state index contributed by atoms with van der Waals surface area (Å²) in [4.78, 5) is 12.2. The van der Waals surface area contributed by atoms with Crippen LogP contribution in [0.25, 0.3) is 0 Å². The van der Waals surface area contributed by atoms with Crippen LogP contribution in [0.1, 0.15) is 18.9 Å². The fourth-order valence-corrected chi connectivity index (χ4v) is 4.76. The molecular weight excluding hydrogens is 306 g/mol. The number of hydrogen-bond donors (Lipinski definition) is 1. The van der Waals surface area contributed by atoms with E-state index in [0.29, 0.717) is 17.9 Å². The first kappa shape index (κ1) is 16.6. The summed E-state index contributed by atoms with van der Waals surface area (Å²) in [6.07, 6.45) is 0.614. The monoisotopic (exact) mass is 327 g/mol. The Morgan fingerprint density at radius 3 is 2.50 bits per heavy atom. The van der Waals surface area contributed by atoms with Gasteiger partial charge in [0.25, 0.3) is 0 Å². The summed E-state index contributed by atoms with van der Waals surface area (Å²) in [6, 6.07) is 5.27. The number of hydrogen-bond acceptors (Lipinski definition) is 5. The fraction of sp³-hybridized carbons (Fsp3) is 0.533. The first-order valence-corrected chi connectivity index (χ1v) is 8.81. The first-order chi connectivity index (χ1) is 10.3. The number of methoxy groups -OCH3 is 2. The molecule has 122 valence electrons. The molecule has 0 bridgehead atoms.